The molecule has 290 valence electrons. The van der Waals surface area contributed by atoms with Crippen LogP contribution in [-0.4, -0.2) is 71.2 Å². The Morgan fingerprint density at radius 1 is 0.691 bits per heavy atom. The molecule has 0 heterocycles. The highest BCUT2D eigenvalue weighted by atomic mass is 127. The van der Waals surface area contributed by atoms with Crippen LogP contribution in [0.4, 0.5) is 13.2 Å². The fourth-order valence-corrected chi connectivity index (χ4v) is 8.98. The summed E-state index contributed by atoms with van der Waals surface area (Å²) in [6.45, 7) is -0.827. The summed E-state index contributed by atoms with van der Waals surface area (Å²) in [6.07, 6.45) is 0. The summed E-state index contributed by atoms with van der Waals surface area (Å²) in [4.78, 5) is 27.5. The predicted octanol–water partition coefficient (Wildman–Crippen LogP) is 4.22. The fourth-order valence-electron chi connectivity index (χ4n) is 6.72. The van der Waals surface area contributed by atoms with E-state index in [1.54, 1.807) is 22.6 Å². The minimum absolute atomic E-state index is 0.121. The Labute approximate surface area is 326 Å². The summed E-state index contributed by atoms with van der Waals surface area (Å²) >= 11 is 1.70. The number of rotatable bonds is 13. The van der Waals surface area contributed by atoms with E-state index in [1.807, 2.05) is 48.5 Å². The summed E-state index contributed by atoms with van der Waals surface area (Å²) in [5, 5.41) is 12.0. The van der Waals surface area contributed by atoms with Gasteiger partial charge in [-0.05, 0) is 80.7 Å². The van der Waals surface area contributed by atoms with Crippen molar-refractivity contribution in [1.82, 2.24) is 0 Å². The van der Waals surface area contributed by atoms with Gasteiger partial charge in [-0.15, -0.1) is 0 Å². The lowest BCUT2D eigenvalue weighted by Gasteiger charge is -2.48. The van der Waals surface area contributed by atoms with Gasteiger partial charge in [-0.1, -0.05) is 60.7 Å². The summed E-state index contributed by atoms with van der Waals surface area (Å²) in [5.41, 5.74) is -2.71. The molecular weight excluding hydrogens is 886 g/mol. The van der Waals surface area contributed by atoms with Gasteiger partial charge in [0, 0.05) is 21.3 Å². The van der Waals surface area contributed by atoms with Crippen molar-refractivity contribution in [3.05, 3.63) is 122 Å². The Kier molecular flexibility index (Phi) is 11.5. The second-order valence-electron chi connectivity index (χ2n) is 12.2. The van der Waals surface area contributed by atoms with Crippen molar-refractivity contribution in [3.63, 3.8) is 0 Å². The lowest BCUT2D eigenvalue weighted by Crippen LogP contribution is -2.48. The lowest BCUT2D eigenvalue weighted by molar-refractivity contribution is -0.212. The molecule has 4 aromatic carbocycles. The smallest absolute Gasteiger partial charge is 0.518 e. The Hall–Kier alpha value is -4.73. The molecule has 3 aliphatic rings. The van der Waals surface area contributed by atoms with E-state index >= 15 is 0 Å². The van der Waals surface area contributed by atoms with Crippen molar-refractivity contribution in [2.24, 2.45) is 16.2 Å². The first kappa shape index (κ1) is 39.9. The molecular formula is C36H27F3INO12S2-2. The SMILES string of the molecule is O=C(OCCOc1ccc(/C([O-])=N\S(=O)(=O)C(F)(F)F)cc1)C1C2c3ccccc3C(c3ccccc32)C1C(=O)OCCOc1ccc(S(=O)(=O)[O-])c(I)c1. The molecule has 0 N–H and O–H groups in total. The van der Waals surface area contributed by atoms with Crippen LogP contribution in [-0.2, 0) is 39.2 Å². The third kappa shape index (κ3) is 8.43. The Balaban J connectivity index is 1.14. The van der Waals surface area contributed by atoms with Crippen LogP contribution in [0.25, 0.3) is 0 Å². The van der Waals surface area contributed by atoms with Crippen molar-refractivity contribution in [1.29, 1.82) is 0 Å². The molecule has 0 amide bonds. The van der Waals surface area contributed by atoms with Crippen molar-refractivity contribution in [3.8, 4) is 11.5 Å². The van der Waals surface area contributed by atoms with Gasteiger partial charge in [0.1, 0.15) is 48.0 Å². The zero-order chi connectivity index (χ0) is 39.7. The number of sulfonamides is 1. The molecule has 0 radical (unpaired) electrons. The number of hydrogen-bond donors (Lipinski definition) is 0. The highest BCUT2D eigenvalue weighted by Gasteiger charge is 2.56. The second-order valence-corrected chi connectivity index (χ2v) is 16.3. The Morgan fingerprint density at radius 3 is 1.55 bits per heavy atom. The first-order valence-corrected chi connectivity index (χ1v) is 20.1. The second kappa shape index (κ2) is 15.8. The molecule has 0 spiro atoms. The monoisotopic (exact) mass is 913 g/mol. The molecule has 19 heteroatoms. The van der Waals surface area contributed by atoms with E-state index in [0.29, 0.717) is 0 Å². The predicted molar refractivity (Wildman–Crippen MR) is 192 cm³/mol. The molecule has 0 saturated carbocycles. The van der Waals surface area contributed by atoms with Crippen LogP contribution in [0.3, 0.4) is 0 Å². The van der Waals surface area contributed by atoms with Crippen molar-refractivity contribution in [2.45, 2.75) is 22.2 Å². The fraction of sp³-hybridized carbons (Fsp3) is 0.250. The molecule has 2 bridgehead atoms. The van der Waals surface area contributed by atoms with E-state index in [1.165, 1.54) is 24.3 Å². The van der Waals surface area contributed by atoms with Crippen LogP contribution in [0.2, 0.25) is 0 Å². The van der Waals surface area contributed by atoms with Crippen LogP contribution in [0.5, 0.6) is 11.5 Å². The molecule has 7 rings (SSSR count). The van der Waals surface area contributed by atoms with E-state index in [4.69, 9.17) is 18.9 Å². The van der Waals surface area contributed by atoms with Gasteiger partial charge >= 0.3 is 27.5 Å². The van der Waals surface area contributed by atoms with Gasteiger partial charge in [0.2, 0.25) is 0 Å². The van der Waals surface area contributed by atoms with Crippen LogP contribution in [0.15, 0.2) is 100 Å². The number of esters is 2. The quantitative estimate of drug-likeness (QED) is 0.0463. The minimum atomic E-state index is -6.02. The van der Waals surface area contributed by atoms with Gasteiger partial charge in [0.25, 0.3) is 0 Å². The first-order chi connectivity index (χ1) is 26.0. The van der Waals surface area contributed by atoms with E-state index in [9.17, 15) is 49.3 Å². The molecule has 0 aromatic heterocycles. The van der Waals surface area contributed by atoms with Gasteiger partial charge in [-0.3, -0.25) is 9.59 Å². The third-order valence-corrected chi connectivity index (χ3v) is 12.1. The number of halogens is 4. The summed E-state index contributed by atoms with van der Waals surface area (Å²) in [7, 11) is -10.7. The molecule has 0 aliphatic heterocycles. The van der Waals surface area contributed by atoms with Gasteiger partial charge in [0.05, 0.1) is 16.7 Å². The van der Waals surface area contributed by atoms with E-state index in [2.05, 4.69) is 4.40 Å². The average molecular weight is 914 g/mol. The van der Waals surface area contributed by atoms with Gasteiger partial charge in [-0.2, -0.15) is 26.0 Å². The molecule has 2 atom stereocenters. The lowest BCUT2D eigenvalue weighted by atomic mass is 9.54. The van der Waals surface area contributed by atoms with E-state index in [-0.39, 0.29) is 41.5 Å². The standard InChI is InChI=1S/C36H29F3INO12S2/c37-36(38,39)55(48,49)41-33(42)20-9-11-21(12-10-20)50-15-17-52-34(43)31-29-23-5-1-3-7-25(23)30(26-8-4-2-6-24(26)29)32(31)35(44)53-18-16-51-22-13-14-28(27(40)19-22)54(45,46)47/h1-14,19,29-32H,15-18H2,(H,41,42)(H,45,46,47)/p-2. The zero-order valence-electron chi connectivity index (χ0n) is 28.0. The average Bonchev–Trinajstić information content (AvgIpc) is 3.13. The topological polar surface area (TPSA) is 198 Å². The largest absolute Gasteiger partial charge is 0.858 e. The number of carbonyl (C=O) groups excluding carboxylic acids is 2. The maximum absolute atomic E-state index is 13.9. The van der Waals surface area contributed by atoms with Gasteiger partial charge < -0.3 is 28.6 Å². The zero-order valence-corrected chi connectivity index (χ0v) is 31.8. The molecule has 0 saturated heterocycles. The van der Waals surface area contributed by atoms with E-state index < -0.39 is 77.6 Å². The number of fused-ring (bicyclic) bond motifs is 1. The highest BCUT2D eigenvalue weighted by Crippen LogP contribution is 2.58. The van der Waals surface area contributed by atoms with Gasteiger partial charge in [0.15, 0.2) is 0 Å². The highest BCUT2D eigenvalue weighted by molar-refractivity contribution is 14.1. The molecule has 55 heavy (non-hydrogen) atoms. The van der Waals surface area contributed by atoms with Crippen LogP contribution in [0.1, 0.15) is 39.7 Å². The number of hydrogen-bond acceptors (Lipinski definition) is 12. The first-order valence-electron chi connectivity index (χ1n) is 16.2. The minimum Gasteiger partial charge on any atom is -0.858 e. The maximum Gasteiger partial charge on any atom is 0.518 e. The summed E-state index contributed by atoms with van der Waals surface area (Å²) in [6, 6.07) is 23.2. The number of ether oxygens (including phenoxy) is 4. The number of nitrogens with zero attached hydrogens (tertiary/aromatic N) is 1. The third-order valence-electron chi connectivity index (χ3n) is 8.94. The normalized spacial score (nSPS) is 19.2. The van der Waals surface area contributed by atoms with Crippen molar-refractivity contribution < 1.29 is 68.2 Å². The molecule has 13 nitrogen and oxygen atoms in total. The maximum atomic E-state index is 13.9. The summed E-state index contributed by atoms with van der Waals surface area (Å²) < 4.78 is 119. The molecule has 3 aliphatic carbocycles. The van der Waals surface area contributed by atoms with Crippen molar-refractivity contribution >= 4 is 60.6 Å². The van der Waals surface area contributed by atoms with Crippen molar-refractivity contribution in [2.75, 3.05) is 26.4 Å². The van der Waals surface area contributed by atoms with Crippen LogP contribution < -0.4 is 14.6 Å². The molecule has 4 aromatic rings. The van der Waals surface area contributed by atoms with Crippen LogP contribution in [0, 0.1) is 15.4 Å². The van der Waals surface area contributed by atoms with Crippen LogP contribution >= 0.6 is 22.6 Å². The Bertz CT molecular complexity index is 2320. The van der Waals surface area contributed by atoms with E-state index in [0.717, 1.165) is 40.5 Å². The Morgan fingerprint density at radius 2 is 1.13 bits per heavy atom. The summed E-state index contributed by atoms with van der Waals surface area (Å²) in [5.74, 6) is -5.75. The van der Waals surface area contributed by atoms with Gasteiger partial charge in [-0.25, -0.2) is 8.42 Å². The number of benzene rings is 4. The number of carbonyl (C=O) groups is 2. The molecule has 2 unspecified atom stereocenters. The number of alkyl halides is 3. The molecule has 0 fully saturated rings.